The molecule has 2 aromatic heterocycles. The zero-order valence-electron chi connectivity index (χ0n) is 19.2. The summed E-state index contributed by atoms with van der Waals surface area (Å²) in [5.74, 6) is -0.125. The fraction of sp³-hybridized carbons (Fsp3) is 0.480. The summed E-state index contributed by atoms with van der Waals surface area (Å²) < 4.78 is 0. The first kappa shape index (κ1) is 21.7. The van der Waals surface area contributed by atoms with Gasteiger partial charge < -0.3 is 20.3 Å². The molecule has 2 aliphatic rings. The Morgan fingerprint density at radius 2 is 2.15 bits per heavy atom. The molecule has 1 aliphatic heterocycles. The number of H-pyrrole nitrogens is 2. The van der Waals surface area contributed by atoms with Crippen LogP contribution in [0, 0.1) is 5.41 Å². The van der Waals surface area contributed by atoms with Gasteiger partial charge in [0, 0.05) is 47.4 Å². The van der Waals surface area contributed by atoms with Crippen LogP contribution in [0.3, 0.4) is 0 Å². The van der Waals surface area contributed by atoms with E-state index in [2.05, 4.69) is 33.5 Å². The average Bonchev–Trinajstić information content (AvgIpc) is 3.41. The molecule has 1 saturated heterocycles. The van der Waals surface area contributed by atoms with Gasteiger partial charge in [0.1, 0.15) is 11.7 Å². The van der Waals surface area contributed by atoms with Crippen molar-refractivity contribution < 1.29 is 14.7 Å². The summed E-state index contributed by atoms with van der Waals surface area (Å²) in [5, 5.41) is 21.5. The van der Waals surface area contributed by atoms with E-state index in [1.807, 2.05) is 18.2 Å². The van der Waals surface area contributed by atoms with Crippen LogP contribution in [0.15, 0.2) is 24.3 Å². The van der Waals surface area contributed by atoms with Crippen molar-refractivity contribution in [2.45, 2.75) is 58.4 Å². The van der Waals surface area contributed by atoms with Crippen LogP contribution in [0.25, 0.3) is 22.3 Å². The van der Waals surface area contributed by atoms with Crippen LogP contribution in [0.4, 0.5) is 5.69 Å². The van der Waals surface area contributed by atoms with Gasteiger partial charge in [-0.2, -0.15) is 5.10 Å². The summed E-state index contributed by atoms with van der Waals surface area (Å²) in [6.07, 6.45) is 4.95. The monoisotopic (exact) mass is 449 g/mol. The first-order chi connectivity index (χ1) is 15.9. The number of hydrogen-bond acceptors (Lipinski definition) is 4. The Balaban J connectivity index is 1.35. The maximum atomic E-state index is 12.8. The minimum atomic E-state index is -0.493. The standard InChI is InChI=1S/C25H31N5O3/c1-15(30-10-4-3-5-22(30)32)24(33)26-17-7-6-16-11-20(27-19(16)12-17)23-18-8-9-25(2,14-31)13-21(18)28-29-23/h6-7,11-12,15,27,31H,3-5,8-10,13-14H2,1-2H3,(H,26,33)(H,28,29). The first-order valence-corrected chi connectivity index (χ1v) is 11.8. The second-order valence-electron chi connectivity index (χ2n) is 9.87. The molecule has 0 saturated carbocycles. The number of carbonyl (C=O) groups is 2. The van der Waals surface area contributed by atoms with E-state index in [4.69, 9.17) is 0 Å². The van der Waals surface area contributed by atoms with Crippen molar-refractivity contribution >= 4 is 28.4 Å². The van der Waals surface area contributed by atoms with Crippen molar-refractivity contribution in [2.24, 2.45) is 5.41 Å². The molecule has 0 spiro atoms. The van der Waals surface area contributed by atoms with E-state index in [-0.39, 0.29) is 23.8 Å². The summed E-state index contributed by atoms with van der Waals surface area (Å²) in [4.78, 5) is 30.1. The lowest BCUT2D eigenvalue weighted by molar-refractivity contribution is -0.140. The highest BCUT2D eigenvalue weighted by Gasteiger charge is 2.32. The second kappa shape index (κ2) is 8.33. The van der Waals surface area contributed by atoms with Crippen LogP contribution >= 0.6 is 0 Å². The van der Waals surface area contributed by atoms with Crippen molar-refractivity contribution in [3.63, 3.8) is 0 Å². The number of piperidine rings is 1. The number of amides is 2. The Morgan fingerprint density at radius 3 is 2.94 bits per heavy atom. The van der Waals surface area contributed by atoms with E-state index in [0.29, 0.717) is 18.7 Å². The van der Waals surface area contributed by atoms with Gasteiger partial charge >= 0.3 is 0 Å². The predicted molar refractivity (Wildman–Crippen MR) is 127 cm³/mol. The van der Waals surface area contributed by atoms with Crippen LogP contribution in [0.5, 0.6) is 0 Å². The predicted octanol–water partition coefficient (Wildman–Crippen LogP) is 3.38. The van der Waals surface area contributed by atoms with Gasteiger partial charge in [-0.05, 0) is 62.6 Å². The largest absolute Gasteiger partial charge is 0.396 e. The van der Waals surface area contributed by atoms with Gasteiger partial charge in [-0.25, -0.2) is 0 Å². The molecule has 5 rings (SSSR count). The number of aliphatic hydroxyl groups is 1. The summed E-state index contributed by atoms with van der Waals surface area (Å²) in [7, 11) is 0. The van der Waals surface area contributed by atoms with Gasteiger partial charge in [-0.15, -0.1) is 0 Å². The molecule has 0 radical (unpaired) electrons. The number of hydrogen-bond donors (Lipinski definition) is 4. The number of rotatable bonds is 5. The maximum Gasteiger partial charge on any atom is 0.246 e. The third kappa shape index (κ3) is 4.04. The van der Waals surface area contributed by atoms with Gasteiger partial charge in [0.25, 0.3) is 0 Å². The number of carbonyl (C=O) groups excluding carboxylic acids is 2. The van der Waals surface area contributed by atoms with Crippen molar-refractivity contribution in [2.75, 3.05) is 18.5 Å². The smallest absolute Gasteiger partial charge is 0.246 e. The highest BCUT2D eigenvalue weighted by atomic mass is 16.3. The van der Waals surface area contributed by atoms with E-state index < -0.39 is 6.04 Å². The highest BCUT2D eigenvalue weighted by Crippen LogP contribution is 2.38. The van der Waals surface area contributed by atoms with Crippen molar-refractivity contribution in [3.05, 3.63) is 35.5 Å². The van der Waals surface area contributed by atoms with Crippen molar-refractivity contribution in [1.82, 2.24) is 20.1 Å². The number of benzene rings is 1. The quantitative estimate of drug-likeness (QED) is 0.478. The van der Waals surface area contributed by atoms with Crippen LogP contribution in [0.1, 0.15) is 50.8 Å². The van der Waals surface area contributed by atoms with Gasteiger partial charge in [0.2, 0.25) is 11.8 Å². The number of aliphatic hydroxyl groups excluding tert-OH is 1. The van der Waals surface area contributed by atoms with Gasteiger partial charge in [-0.1, -0.05) is 13.0 Å². The fourth-order valence-electron chi connectivity index (χ4n) is 5.07. The number of nitrogens with zero attached hydrogens (tertiary/aromatic N) is 2. The molecule has 174 valence electrons. The molecule has 8 nitrogen and oxygen atoms in total. The van der Waals surface area contributed by atoms with Gasteiger partial charge in [0.15, 0.2) is 0 Å². The lowest BCUT2D eigenvalue weighted by Gasteiger charge is -2.31. The van der Waals surface area contributed by atoms with Crippen molar-refractivity contribution in [3.8, 4) is 11.4 Å². The minimum Gasteiger partial charge on any atom is -0.396 e. The topological polar surface area (TPSA) is 114 Å². The summed E-state index contributed by atoms with van der Waals surface area (Å²) in [5.41, 5.74) is 5.68. The number of fused-ring (bicyclic) bond motifs is 2. The second-order valence-corrected chi connectivity index (χ2v) is 9.87. The van der Waals surface area contributed by atoms with Gasteiger partial charge in [-0.3, -0.25) is 14.7 Å². The molecule has 1 aliphatic carbocycles. The summed E-state index contributed by atoms with van der Waals surface area (Å²) in [6, 6.07) is 7.36. The normalized spacial score (nSPS) is 21.8. The SMILES string of the molecule is CC(C(=O)Nc1ccc2cc(-c3n[nH]c4c3CCC(C)(CO)C4)[nH]c2c1)N1CCCCC1=O. The highest BCUT2D eigenvalue weighted by molar-refractivity contribution is 5.99. The van der Waals surface area contributed by atoms with Gasteiger partial charge in [0.05, 0.1) is 5.69 Å². The molecule has 33 heavy (non-hydrogen) atoms. The number of anilines is 1. The van der Waals surface area contributed by atoms with E-state index >= 15 is 0 Å². The zero-order valence-corrected chi connectivity index (χ0v) is 19.2. The lowest BCUT2D eigenvalue weighted by Crippen LogP contribution is -2.47. The van der Waals surface area contributed by atoms with E-state index in [1.54, 1.807) is 11.8 Å². The average molecular weight is 450 g/mol. The fourth-order valence-corrected chi connectivity index (χ4v) is 5.07. The van der Waals surface area contributed by atoms with E-state index in [9.17, 15) is 14.7 Å². The molecule has 1 fully saturated rings. The number of aromatic amines is 2. The molecule has 0 bridgehead atoms. The van der Waals surface area contributed by atoms with E-state index in [1.165, 1.54) is 5.56 Å². The molecular formula is C25H31N5O3. The number of likely N-dealkylation sites (tertiary alicyclic amines) is 1. The molecular weight excluding hydrogens is 418 g/mol. The number of nitrogens with one attached hydrogen (secondary N) is 3. The zero-order chi connectivity index (χ0) is 23.2. The summed E-state index contributed by atoms with van der Waals surface area (Å²) >= 11 is 0. The van der Waals surface area contributed by atoms with E-state index in [0.717, 1.165) is 60.1 Å². The maximum absolute atomic E-state index is 12.8. The molecule has 4 N–H and O–H groups in total. The minimum absolute atomic E-state index is 0.0509. The van der Waals surface area contributed by atoms with Crippen LogP contribution in [-0.2, 0) is 22.4 Å². The Bertz CT molecular complexity index is 1210. The third-order valence-corrected chi connectivity index (χ3v) is 7.27. The number of aromatic nitrogens is 3. The molecule has 3 heterocycles. The third-order valence-electron chi connectivity index (χ3n) is 7.27. The Kier molecular flexibility index (Phi) is 5.48. The molecule has 1 aromatic carbocycles. The molecule has 2 atom stereocenters. The molecule has 3 aromatic rings. The first-order valence-electron chi connectivity index (χ1n) is 11.8. The molecule has 2 amide bonds. The Morgan fingerprint density at radius 1 is 1.30 bits per heavy atom. The molecule has 8 heteroatoms. The van der Waals surface area contributed by atoms with Crippen LogP contribution in [-0.4, -0.2) is 56.2 Å². The van der Waals surface area contributed by atoms with Crippen molar-refractivity contribution in [1.29, 1.82) is 0 Å². The Hall–Kier alpha value is -3.13. The lowest BCUT2D eigenvalue weighted by atomic mass is 9.75. The molecule has 2 unspecified atom stereocenters. The van der Waals surface area contributed by atoms with Crippen LogP contribution in [0.2, 0.25) is 0 Å². The summed E-state index contributed by atoms with van der Waals surface area (Å²) in [6.45, 7) is 4.70. The Labute approximate surface area is 192 Å². The van der Waals surface area contributed by atoms with Crippen LogP contribution < -0.4 is 5.32 Å².